The van der Waals surface area contributed by atoms with Crippen LogP contribution in [0.1, 0.15) is 20.3 Å². The summed E-state index contributed by atoms with van der Waals surface area (Å²) >= 11 is 0. The van der Waals surface area contributed by atoms with Gasteiger partial charge in [0.2, 0.25) is 0 Å². The van der Waals surface area contributed by atoms with E-state index in [1.807, 2.05) is 13.8 Å². The Morgan fingerprint density at radius 3 is 2.08 bits per heavy atom. The minimum atomic E-state index is -2.87. The first-order chi connectivity index (χ1) is 5.37. The maximum absolute atomic E-state index is 10.8. The highest BCUT2D eigenvalue weighted by atomic mass is 32.2. The second-order valence-electron chi connectivity index (χ2n) is 3.61. The van der Waals surface area contributed by atoms with Crippen molar-refractivity contribution in [3.05, 3.63) is 0 Å². The Kier molecular flexibility index (Phi) is 4.78. The summed E-state index contributed by atoms with van der Waals surface area (Å²) in [5.74, 6) is 0.632. The lowest BCUT2D eigenvalue weighted by Crippen LogP contribution is -2.17. The van der Waals surface area contributed by atoms with Gasteiger partial charge in [0.15, 0.2) is 0 Å². The van der Waals surface area contributed by atoms with Crippen molar-refractivity contribution in [1.29, 1.82) is 0 Å². The van der Waals surface area contributed by atoms with Crippen molar-refractivity contribution < 1.29 is 13.5 Å². The third-order valence-corrected chi connectivity index (χ3v) is 3.01. The van der Waals surface area contributed by atoms with Crippen molar-refractivity contribution in [2.75, 3.05) is 18.6 Å². The lowest BCUT2D eigenvalue weighted by atomic mass is 9.94. The van der Waals surface area contributed by atoms with Gasteiger partial charge in [-0.1, -0.05) is 13.8 Å². The largest absolute Gasteiger partial charge is 0.396 e. The second kappa shape index (κ2) is 4.82. The smallest absolute Gasteiger partial charge is 0.147 e. The van der Waals surface area contributed by atoms with Crippen LogP contribution in [0.2, 0.25) is 0 Å². The van der Waals surface area contributed by atoms with E-state index in [0.717, 1.165) is 0 Å². The summed E-state index contributed by atoms with van der Waals surface area (Å²) in [5, 5.41) is 8.90. The summed E-state index contributed by atoms with van der Waals surface area (Å²) in [7, 11) is -2.87. The predicted octanol–water partition coefficient (Wildman–Crippen LogP) is 0.686. The summed E-state index contributed by atoms with van der Waals surface area (Å²) in [6, 6.07) is 0. The molecule has 4 heteroatoms. The van der Waals surface area contributed by atoms with Gasteiger partial charge in [0.25, 0.3) is 0 Å². The molecule has 0 saturated carbocycles. The fourth-order valence-corrected chi connectivity index (χ4v) is 1.73. The normalized spacial score (nSPS) is 15.1. The van der Waals surface area contributed by atoms with Gasteiger partial charge in [-0.05, 0) is 18.3 Å². The van der Waals surface area contributed by atoms with E-state index in [0.29, 0.717) is 12.3 Å². The quantitative estimate of drug-likeness (QED) is 0.700. The first-order valence-corrected chi connectivity index (χ1v) is 6.21. The third-order valence-electron chi connectivity index (χ3n) is 2.04. The molecular formula is C8H18O3S. The minimum Gasteiger partial charge on any atom is -0.396 e. The van der Waals surface area contributed by atoms with Gasteiger partial charge in [0.05, 0.1) is 5.75 Å². The van der Waals surface area contributed by atoms with E-state index >= 15 is 0 Å². The molecular weight excluding hydrogens is 176 g/mol. The standard InChI is InChI=1S/C8H18O3S/c1-7(2)8(6-9)4-5-12(3,10)11/h7-9H,4-6H2,1-3H3. The highest BCUT2D eigenvalue weighted by Crippen LogP contribution is 2.14. The van der Waals surface area contributed by atoms with Crippen LogP contribution in [-0.2, 0) is 9.84 Å². The van der Waals surface area contributed by atoms with Crippen LogP contribution in [0.5, 0.6) is 0 Å². The van der Waals surface area contributed by atoms with Crippen LogP contribution in [0.15, 0.2) is 0 Å². The molecule has 0 aromatic heterocycles. The molecule has 0 aromatic rings. The van der Waals surface area contributed by atoms with Crippen LogP contribution in [0.25, 0.3) is 0 Å². The van der Waals surface area contributed by atoms with E-state index in [1.54, 1.807) is 0 Å². The molecule has 0 aliphatic rings. The molecule has 0 heterocycles. The fourth-order valence-electron chi connectivity index (χ4n) is 1.00. The molecule has 0 amide bonds. The van der Waals surface area contributed by atoms with E-state index in [1.165, 1.54) is 6.26 Å². The Hall–Kier alpha value is -0.0900. The van der Waals surface area contributed by atoms with Crippen molar-refractivity contribution in [1.82, 2.24) is 0 Å². The summed E-state index contributed by atoms with van der Waals surface area (Å²) in [6.45, 7) is 4.06. The average molecular weight is 194 g/mol. The highest BCUT2D eigenvalue weighted by molar-refractivity contribution is 7.90. The Morgan fingerprint density at radius 1 is 1.33 bits per heavy atom. The van der Waals surface area contributed by atoms with Crippen LogP contribution in [0.4, 0.5) is 0 Å². The molecule has 74 valence electrons. The summed E-state index contributed by atoms with van der Waals surface area (Å²) in [6.07, 6.45) is 1.79. The van der Waals surface area contributed by atoms with Gasteiger partial charge < -0.3 is 5.11 Å². The topological polar surface area (TPSA) is 54.4 Å². The number of hydrogen-bond acceptors (Lipinski definition) is 3. The SMILES string of the molecule is CC(C)C(CO)CCS(C)(=O)=O. The van der Waals surface area contributed by atoms with Crippen molar-refractivity contribution in [3.63, 3.8) is 0 Å². The molecule has 12 heavy (non-hydrogen) atoms. The molecule has 1 unspecified atom stereocenters. The monoisotopic (exact) mass is 194 g/mol. The molecule has 1 atom stereocenters. The van der Waals surface area contributed by atoms with E-state index < -0.39 is 9.84 Å². The van der Waals surface area contributed by atoms with Gasteiger partial charge >= 0.3 is 0 Å². The average Bonchev–Trinajstić information content (AvgIpc) is 1.85. The zero-order valence-corrected chi connectivity index (χ0v) is 8.76. The molecule has 0 bridgehead atoms. The van der Waals surface area contributed by atoms with Gasteiger partial charge in [0.1, 0.15) is 9.84 Å². The van der Waals surface area contributed by atoms with Crippen molar-refractivity contribution in [2.45, 2.75) is 20.3 Å². The lowest BCUT2D eigenvalue weighted by molar-refractivity contribution is 0.186. The van der Waals surface area contributed by atoms with Gasteiger partial charge in [-0.25, -0.2) is 8.42 Å². The number of rotatable bonds is 5. The molecule has 0 aliphatic heterocycles. The van der Waals surface area contributed by atoms with Gasteiger partial charge in [-0.2, -0.15) is 0 Å². The van der Waals surface area contributed by atoms with E-state index in [2.05, 4.69) is 0 Å². The van der Waals surface area contributed by atoms with Crippen LogP contribution in [0.3, 0.4) is 0 Å². The maximum atomic E-state index is 10.8. The zero-order chi connectivity index (χ0) is 9.78. The Morgan fingerprint density at radius 2 is 1.83 bits per heavy atom. The van der Waals surface area contributed by atoms with E-state index in [-0.39, 0.29) is 18.3 Å². The molecule has 0 fully saturated rings. The molecule has 0 radical (unpaired) electrons. The third kappa shape index (κ3) is 5.55. The molecule has 0 saturated heterocycles. The number of aliphatic hydroxyl groups excluding tert-OH is 1. The first kappa shape index (κ1) is 11.9. The minimum absolute atomic E-state index is 0.0766. The second-order valence-corrected chi connectivity index (χ2v) is 5.86. The van der Waals surface area contributed by atoms with Crippen LogP contribution >= 0.6 is 0 Å². The molecule has 0 aliphatic carbocycles. The first-order valence-electron chi connectivity index (χ1n) is 4.15. The van der Waals surface area contributed by atoms with Gasteiger partial charge in [-0.15, -0.1) is 0 Å². The zero-order valence-electron chi connectivity index (χ0n) is 7.95. The summed E-state index contributed by atoms with van der Waals surface area (Å²) in [4.78, 5) is 0. The van der Waals surface area contributed by atoms with Crippen molar-refractivity contribution in [2.24, 2.45) is 11.8 Å². The van der Waals surface area contributed by atoms with Crippen LogP contribution < -0.4 is 0 Å². The number of hydrogen-bond donors (Lipinski definition) is 1. The van der Waals surface area contributed by atoms with Crippen LogP contribution in [0, 0.1) is 11.8 Å². The molecule has 1 N–H and O–H groups in total. The molecule has 0 spiro atoms. The summed E-state index contributed by atoms with van der Waals surface area (Å²) in [5.41, 5.74) is 0. The number of sulfone groups is 1. The maximum Gasteiger partial charge on any atom is 0.147 e. The van der Waals surface area contributed by atoms with Gasteiger partial charge in [-0.3, -0.25) is 0 Å². The molecule has 0 aromatic carbocycles. The van der Waals surface area contributed by atoms with E-state index in [4.69, 9.17) is 5.11 Å². The van der Waals surface area contributed by atoms with E-state index in [9.17, 15) is 8.42 Å². The van der Waals surface area contributed by atoms with Crippen LogP contribution in [-0.4, -0.2) is 32.1 Å². The van der Waals surface area contributed by atoms with Crippen molar-refractivity contribution >= 4 is 9.84 Å². The Balaban J connectivity index is 3.90. The molecule has 3 nitrogen and oxygen atoms in total. The Labute approximate surface area is 74.7 Å². The van der Waals surface area contributed by atoms with Crippen molar-refractivity contribution in [3.8, 4) is 0 Å². The Bertz CT molecular complexity index is 206. The predicted molar refractivity (Wildman–Crippen MR) is 49.7 cm³/mol. The fraction of sp³-hybridized carbons (Fsp3) is 1.00. The molecule has 0 rings (SSSR count). The number of aliphatic hydroxyl groups is 1. The summed E-state index contributed by atoms with van der Waals surface area (Å²) < 4.78 is 21.6. The lowest BCUT2D eigenvalue weighted by Gasteiger charge is -2.16. The van der Waals surface area contributed by atoms with Gasteiger partial charge in [0, 0.05) is 12.9 Å². The highest BCUT2D eigenvalue weighted by Gasteiger charge is 2.14.